The van der Waals surface area contributed by atoms with Gasteiger partial charge in [0.1, 0.15) is 0 Å². The molecule has 1 aromatic carbocycles. The molecule has 0 bridgehead atoms. The highest BCUT2D eigenvalue weighted by molar-refractivity contribution is 7.99. The van der Waals surface area contributed by atoms with Gasteiger partial charge in [-0.15, -0.1) is 0 Å². The van der Waals surface area contributed by atoms with Crippen LogP contribution in [0.1, 0.15) is 18.9 Å². The molecular formula is C12H20N2S. The fraction of sp³-hybridized carbons (Fsp3) is 0.500. The average Bonchev–Trinajstić information content (AvgIpc) is 2.16. The first kappa shape index (κ1) is 12.2. The minimum atomic E-state index is 0.708. The van der Waals surface area contributed by atoms with Crippen LogP contribution < -0.4 is 11.1 Å². The molecule has 0 aliphatic carbocycles. The molecule has 0 amide bonds. The number of hydrogen-bond acceptors (Lipinski definition) is 3. The number of thioether (sulfide) groups is 1. The van der Waals surface area contributed by atoms with Gasteiger partial charge in [-0.05, 0) is 43.4 Å². The van der Waals surface area contributed by atoms with E-state index in [9.17, 15) is 0 Å². The van der Waals surface area contributed by atoms with Gasteiger partial charge in [0.2, 0.25) is 0 Å². The van der Waals surface area contributed by atoms with E-state index >= 15 is 0 Å². The molecular weight excluding hydrogens is 204 g/mol. The van der Waals surface area contributed by atoms with Crippen molar-refractivity contribution in [1.29, 1.82) is 0 Å². The maximum Gasteiger partial charge on any atom is 0.0363 e. The van der Waals surface area contributed by atoms with Crippen molar-refractivity contribution in [2.75, 3.05) is 23.9 Å². The average molecular weight is 224 g/mol. The summed E-state index contributed by atoms with van der Waals surface area (Å²) in [7, 11) is 0. The van der Waals surface area contributed by atoms with Crippen LogP contribution in [0.2, 0.25) is 0 Å². The number of nitrogen functional groups attached to an aromatic ring is 1. The molecule has 0 aliphatic rings. The number of benzene rings is 1. The molecule has 0 fully saturated rings. The second-order valence-electron chi connectivity index (χ2n) is 3.89. The Bertz CT molecular complexity index is 292. The van der Waals surface area contributed by atoms with Crippen molar-refractivity contribution in [2.24, 2.45) is 0 Å². The van der Waals surface area contributed by atoms with Gasteiger partial charge in [0.15, 0.2) is 0 Å². The molecule has 3 heteroatoms. The molecule has 0 aliphatic heterocycles. The Kier molecular flexibility index (Phi) is 4.82. The lowest BCUT2D eigenvalue weighted by atomic mass is 10.2. The van der Waals surface area contributed by atoms with Crippen molar-refractivity contribution in [2.45, 2.75) is 25.5 Å². The highest BCUT2D eigenvalue weighted by Crippen LogP contribution is 2.16. The smallest absolute Gasteiger partial charge is 0.0363 e. The number of nitrogens with two attached hydrogens (primary N) is 1. The van der Waals surface area contributed by atoms with Gasteiger partial charge in [-0.25, -0.2) is 0 Å². The number of rotatable bonds is 5. The fourth-order valence-electron chi connectivity index (χ4n) is 1.45. The molecule has 0 saturated carbocycles. The molecule has 0 aromatic heterocycles. The van der Waals surface area contributed by atoms with Crippen LogP contribution in [0.5, 0.6) is 0 Å². The summed E-state index contributed by atoms with van der Waals surface area (Å²) in [5.41, 5.74) is 8.93. The van der Waals surface area contributed by atoms with Crippen molar-refractivity contribution < 1.29 is 0 Å². The van der Waals surface area contributed by atoms with Crippen molar-refractivity contribution in [3.05, 3.63) is 23.8 Å². The van der Waals surface area contributed by atoms with Gasteiger partial charge in [-0.1, -0.05) is 6.92 Å². The second-order valence-corrected chi connectivity index (χ2v) is 5.17. The monoisotopic (exact) mass is 224 g/mol. The summed E-state index contributed by atoms with van der Waals surface area (Å²) in [6.07, 6.45) is 3.32. The molecule has 2 nitrogen and oxygen atoms in total. The Hall–Kier alpha value is -0.830. The highest BCUT2D eigenvalue weighted by atomic mass is 32.2. The molecule has 0 saturated heterocycles. The molecule has 0 radical (unpaired) electrons. The summed E-state index contributed by atoms with van der Waals surface area (Å²) in [6, 6.07) is 6.09. The van der Waals surface area contributed by atoms with E-state index in [4.69, 9.17) is 5.73 Å². The van der Waals surface area contributed by atoms with E-state index in [1.165, 1.54) is 12.0 Å². The Morgan fingerprint density at radius 1 is 1.40 bits per heavy atom. The SMILES string of the molecule is CSC(C)CCNc1cc(C)cc(N)c1. The van der Waals surface area contributed by atoms with E-state index in [-0.39, 0.29) is 0 Å². The molecule has 1 atom stereocenters. The Labute approximate surface area is 96.6 Å². The first-order valence-corrected chi connectivity index (χ1v) is 6.54. The predicted octanol–water partition coefficient (Wildman–Crippen LogP) is 3.13. The van der Waals surface area contributed by atoms with E-state index in [0.717, 1.165) is 17.9 Å². The number of aryl methyl sites for hydroxylation is 1. The third-order valence-corrected chi connectivity index (χ3v) is 3.42. The topological polar surface area (TPSA) is 38.0 Å². The van der Waals surface area contributed by atoms with Crippen LogP contribution in [0.25, 0.3) is 0 Å². The zero-order valence-corrected chi connectivity index (χ0v) is 10.5. The minimum absolute atomic E-state index is 0.708. The van der Waals surface area contributed by atoms with Gasteiger partial charge < -0.3 is 11.1 Å². The quantitative estimate of drug-likeness (QED) is 0.755. The van der Waals surface area contributed by atoms with Gasteiger partial charge in [-0.2, -0.15) is 11.8 Å². The zero-order chi connectivity index (χ0) is 11.3. The maximum absolute atomic E-state index is 5.77. The van der Waals surface area contributed by atoms with E-state index in [2.05, 4.69) is 31.5 Å². The summed E-state index contributed by atoms with van der Waals surface area (Å²) in [6.45, 7) is 5.31. The summed E-state index contributed by atoms with van der Waals surface area (Å²) in [5, 5.41) is 4.11. The van der Waals surface area contributed by atoms with E-state index in [1.807, 2.05) is 23.9 Å². The molecule has 84 valence electrons. The summed E-state index contributed by atoms with van der Waals surface area (Å²) < 4.78 is 0. The van der Waals surface area contributed by atoms with Gasteiger partial charge >= 0.3 is 0 Å². The van der Waals surface area contributed by atoms with Crippen LogP contribution in [0, 0.1) is 6.92 Å². The number of anilines is 2. The first-order valence-electron chi connectivity index (χ1n) is 5.25. The normalized spacial score (nSPS) is 12.5. The van der Waals surface area contributed by atoms with Crippen LogP contribution in [0.3, 0.4) is 0 Å². The lowest BCUT2D eigenvalue weighted by molar-refractivity contribution is 0.854. The van der Waals surface area contributed by atoms with Gasteiger partial charge in [0, 0.05) is 23.2 Å². The molecule has 0 heterocycles. The number of hydrogen-bond donors (Lipinski definition) is 2. The van der Waals surface area contributed by atoms with Crippen molar-refractivity contribution >= 4 is 23.1 Å². The van der Waals surface area contributed by atoms with Crippen LogP contribution in [-0.4, -0.2) is 18.1 Å². The van der Waals surface area contributed by atoms with Gasteiger partial charge in [0.25, 0.3) is 0 Å². The lowest BCUT2D eigenvalue weighted by Crippen LogP contribution is -2.08. The molecule has 15 heavy (non-hydrogen) atoms. The summed E-state index contributed by atoms with van der Waals surface area (Å²) in [5.74, 6) is 0. The second kappa shape index (κ2) is 5.91. The number of nitrogens with one attached hydrogen (secondary N) is 1. The lowest BCUT2D eigenvalue weighted by Gasteiger charge is -2.11. The Balaban J connectivity index is 2.43. The van der Waals surface area contributed by atoms with Crippen molar-refractivity contribution in [1.82, 2.24) is 0 Å². The summed E-state index contributed by atoms with van der Waals surface area (Å²) >= 11 is 1.90. The Morgan fingerprint density at radius 2 is 2.13 bits per heavy atom. The third-order valence-electron chi connectivity index (χ3n) is 2.38. The Morgan fingerprint density at radius 3 is 2.73 bits per heavy atom. The van der Waals surface area contributed by atoms with Crippen LogP contribution in [0.4, 0.5) is 11.4 Å². The minimum Gasteiger partial charge on any atom is -0.399 e. The van der Waals surface area contributed by atoms with E-state index in [0.29, 0.717) is 5.25 Å². The van der Waals surface area contributed by atoms with Crippen LogP contribution in [0.15, 0.2) is 18.2 Å². The van der Waals surface area contributed by atoms with Gasteiger partial charge in [0.05, 0.1) is 0 Å². The van der Waals surface area contributed by atoms with E-state index < -0.39 is 0 Å². The van der Waals surface area contributed by atoms with E-state index in [1.54, 1.807) is 0 Å². The molecule has 1 aromatic rings. The standard InChI is InChI=1S/C12H20N2S/c1-9-6-11(13)8-12(7-9)14-5-4-10(2)15-3/h6-8,10,14H,4-5,13H2,1-3H3. The molecule has 3 N–H and O–H groups in total. The zero-order valence-electron chi connectivity index (χ0n) is 9.71. The largest absolute Gasteiger partial charge is 0.399 e. The maximum atomic E-state index is 5.77. The van der Waals surface area contributed by atoms with Gasteiger partial charge in [-0.3, -0.25) is 0 Å². The fourth-order valence-corrected chi connectivity index (χ4v) is 1.81. The third kappa shape index (κ3) is 4.47. The van der Waals surface area contributed by atoms with Crippen molar-refractivity contribution in [3.63, 3.8) is 0 Å². The van der Waals surface area contributed by atoms with Crippen molar-refractivity contribution in [3.8, 4) is 0 Å². The molecule has 0 spiro atoms. The molecule has 1 unspecified atom stereocenters. The first-order chi connectivity index (χ1) is 7.11. The summed E-state index contributed by atoms with van der Waals surface area (Å²) in [4.78, 5) is 0. The highest BCUT2D eigenvalue weighted by Gasteiger charge is 1.99. The van der Waals surface area contributed by atoms with Crippen LogP contribution in [-0.2, 0) is 0 Å². The predicted molar refractivity (Wildman–Crippen MR) is 71.7 cm³/mol. The molecule has 1 rings (SSSR count). The van der Waals surface area contributed by atoms with Crippen LogP contribution >= 0.6 is 11.8 Å².